The summed E-state index contributed by atoms with van der Waals surface area (Å²) in [4.78, 5) is 24.3. The number of halogens is 3. The fourth-order valence-electron chi connectivity index (χ4n) is 4.83. The maximum atomic E-state index is 15.1. The summed E-state index contributed by atoms with van der Waals surface area (Å²) < 4.78 is 43.8. The predicted octanol–water partition coefficient (Wildman–Crippen LogP) is 2.90. The zero-order valence-electron chi connectivity index (χ0n) is 19.3. The van der Waals surface area contributed by atoms with E-state index >= 15 is 4.39 Å². The van der Waals surface area contributed by atoms with Gasteiger partial charge in [-0.1, -0.05) is 0 Å². The van der Waals surface area contributed by atoms with Gasteiger partial charge in [0.2, 0.25) is 11.9 Å². The van der Waals surface area contributed by atoms with Crippen LogP contribution in [0.25, 0.3) is 27.9 Å². The van der Waals surface area contributed by atoms with E-state index in [4.69, 9.17) is 5.73 Å². The van der Waals surface area contributed by atoms with Gasteiger partial charge in [-0.05, 0) is 38.8 Å². The second-order valence-electron chi connectivity index (χ2n) is 9.16. The van der Waals surface area contributed by atoms with Crippen molar-refractivity contribution in [2.24, 2.45) is 0 Å². The number of nitrogen functional groups attached to an aromatic ring is 1. The molecule has 0 radical (unpaired) electrons. The highest BCUT2D eigenvalue weighted by Gasteiger charge is 2.41. The number of fused-ring (bicyclic) bond motifs is 2. The number of rotatable bonds is 6. The molecule has 0 unspecified atom stereocenters. The molecule has 184 valence electrons. The van der Waals surface area contributed by atoms with Crippen LogP contribution in [0, 0.1) is 12.7 Å². The second kappa shape index (κ2) is 8.10. The molecular weight excluding hydrogens is 463 g/mol. The highest BCUT2D eigenvalue weighted by Crippen LogP contribution is 2.35. The maximum Gasteiger partial charge on any atom is 0.256 e. The molecule has 0 saturated heterocycles. The van der Waals surface area contributed by atoms with Crippen molar-refractivity contribution in [2.45, 2.75) is 58.2 Å². The number of nitrogens with one attached hydrogen (secondary N) is 2. The first-order chi connectivity index (χ1) is 16.5. The van der Waals surface area contributed by atoms with Gasteiger partial charge in [-0.3, -0.25) is 4.79 Å². The Bertz CT molecular complexity index is 1460. The monoisotopic (exact) mass is 487 g/mol. The van der Waals surface area contributed by atoms with Gasteiger partial charge in [0.1, 0.15) is 16.9 Å². The topological polar surface area (TPSA) is 128 Å². The molecule has 1 aliphatic rings. The molecule has 0 atom stereocenters. The molecule has 1 amide bonds. The molecule has 13 heteroatoms. The molecule has 0 spiro atoms. The lowest BCUT2D eigenvalue weighted by Gasteiger charge is -2.45. The van der Waals surface area contributed by atoms with Gasteiger partial charge >= 0.3 is 0 Å². The minimum atomic E-state index is -2.59. The van der Waals surface area contributed by atoms with Crippen LogP contribution in [-0.2, 0) is 11.3 Å². The quantitative estimate of drug-likeness (QED) is 0.382. The number of pyridine rings is 1. The number of carbonyl (C=O) groups is 1. The first-order valence-corrected chi connectivity index (χ1v) is 11.0. The zero-order chi connectivity index (χ0) is 25.1. The largest absolute Gasteiger partial charge is 0.382 e. The van der Waals surface area contributed by atoms with Crippen LogP contribution in [0.3, 0.4) is 0 Å². The van der Waals surface area contributed by atoms with Crippen LogP contribution in [-0.4, -0.2) is 53.0 Å². The first-order valence-electron chi connectivity index (χ1n) is 11.0. The Morgan fingerprint density at radius 2 is 2.03 bits per heavy atom. The SMILES string of the molecule is CC(=O)NC1(C)CC(Nc2nc(N)c3c(-c4ccc5nc(C)n(CC(F)F)c5n4)c(F)cn3n2)C1. The Labute approximate surface area is 197 Å². The van der Waals surface area contributed by atoms with Crippen LogP contribution >= 0.6 is 0 Å². The molecular formula is C22H24F3N9O. The molecule has 4 N–H and O–H groups in total. The van der Waals surface area contributed by atoms with Gasteiger partial charge in [0.05, 0.1) is 24.0 Å². The molecule has 4 aromatic rings. The van der Waals surface area contributed by atoms with Gasteiger partial charge in [-0.25, -0.2) is 27.7 Å². The number of hydrogen-bond donors (Lipinski definition) is 3. The Hall–Kier alpha value is -3.90. The van der Waals surface area contributed by atoms with Crippen LogP contribution in [0.15, 0.2) is 18.3 Å². The summed E-state index contributed by atoms with van der Waals surface area (Å²) >= 11 is 0. The number of nitrogens with two attached hydrogens (primary N) is 1. The fourth-order valence-corrected chi connectivity index (χ4v) is 4.83. The average Bonchev–Trinajstić information content (AvgIpc) is 3.21. The van der Waals surface area contributed by atoms with Gasteiger partial charge in [0, 0.05) is 18.5 Å². The van der Waals surface area contributed by atoms with Crippen LogP contribution in [0.2, 0.25) is 0 Å². The fraction of sp³-hybridized carbons (Fsp3) is 0.409. The van der Waals surface area contributed by atoms with Crippen molar-refractivity contribution in [3.8, 4) is 11.3 Å². The number of alkyl halides is 2. The van der Waals surface area contributed by atoms with Crippen molar-refractivity contribution < 1.29 is 18.0 Å². The van der Waals surface area contributed by atoms with E-state index < -0.39 is 18.8 Å². The van der Waals surface area contributed by atoms with Crippen molar-refractivity contribution in [2.75, 3.05) is 11.1 Å². The zero-order valence-corrected chi connectivity index (χ0v) is 19.3. The third-order valence-corrected chi connectivity index (χ3v) is 6.18. The maximum absolute atomic E-state index is 15.1. The van der Waals surface area contributed by atoms with Crippen molar-refractivity contribution in [3.05, 3.63) is 30.0 Å². The number of imidazole rings is 1. The van der Waals surface area contributed by atoms with E-state index in [-0.39, 0.29) is 51.7 Å². The molecule has 5 rings (SSSR count). The van der Waals surface area contributed by atoms with E-state index in [1.165, 1.54) is 22.2 Å². The molecule has 1 saturated carbocycles. The van der Waals surface area contributed by atoms with E-state index in [0.717, 1.165) is 0 Å². The van der Waals surface area contributed by atoms with Gasteiger partial charge in [-0.15, -0.1) is 5.10 Å². The Balaban J connectivity index is 1.48. The van der Waals surface area contributed by atoms with Gasteiger partial charge < -0.3 is 20.9 Å². The smallest absolute Gasteiger partial charge is 0.256 e. The number of hydrogen-bond acceptors (Lipinski definition) is 7. The molecule has 0 aliphatic heterocycles. The number of anilines is 2. The van der Waals surface area contributed by atoms with Crippen molar-refractivity contribution in [1.29, 1.82) is 0 Å². The Morgan fingerprint density at radius 1 is 1.29 bits per heavy atom. The summed E-state index contributed by atoms with van der Waals surface area (Å²) in [5.41, 5.74) is 7.04. The Morgan fingerprint density at radius 3 is 2.71 bits per heavy atom. The highest BCUT2D eigenvalue weighted by atomic mass is 19.3. The van der Waals surface area contributed by atoms with Crippen molar-refractivity contribution >= 4 is 34.4 Å². The summed E-state index contributed by atoms with van der Waals surface area (Å²) in [5.74, 6) is -0.0859. The third kappa shape index (κ3) is 4.10. The van der Waals surface area contributed by atoms with Gasteiger partial charge in [0.15, 0.2) is 17.3 Å². The van der Waals surface area contributed by atoms with Gasteiger partial charge in [0.25, 0.3) is 6.43 Å². The number of amides is 1. The van der Waals surface area contributed by atoms with Crippen LogP contribution < -0.4 is 16.4 Å². The lowest BCUT2D eigenvalue weighted by Crippen LogP contribution is -2.59. The normalized spacial score (nSPS) is 19.9. The molecule has 0 bridgehead atoms. The molecule has 1 aliphatic carbocycles. The number of nitrogens with zero attached hydrogens (tertiary/aromatic N) is 6. The molecule has 1 fully saturated rings. The summed E-state index contributed by atoms with van der Waals surface area (Å²) in [6.07, 6.45) is -0.0711. The molecule has 0 aromatic carbocycles. The summed E-state index contributed by atoms with van der Waals surface area (Å²) in [7, 11) is 0. The minimum Gasteiger partial charge on any atom is -0.382 e. The van der Waals surface area contributed by atoms with E-state index in [1.54, 1.807) is 19.1 Å². The number of carbonyl (C=O) groups excluding carboxylic acids is 1. The van der Waals surface area contributed by atoms with Crippen LogP contribution in [0.1, 0.15) is 32.5 Å². The number of aromatic nitrogens is 6. The highest BCUT2D eigenvalue weighted by molar-refractivity contribution is 5.89. The predicted molar refractivity (Wildman–Crippen MR) is 123 cm³/mol. The Kier molecular flexibility index (Phi) is 5.29. The standard InChI is InChI=1S/C22H24F3N9O/c1-10-27-15-5-4-14(29-20(15)33(10)9-16(24)25)17-13(23)8-34-18(17)19(26)30-21(32-34)28-12-6-22(3,7-12)31-11(2)35/h4-5,8,12,16H,6-7,9H2,1-3H3,(H,31,35)(H3,26,28,30,32). The molecule has 4 aromatic heterocycles. The van der Waals surface area contributed by atoms with Crippen LogP contribution in [0.5, 0.6) is 0 Å². The second-order valence-corrected chi connectivity index (χ2v) is 9.16. The lowest BCUT2D eigenvalue weighted by atomic mass is 9.74. The summed E-state index contributed by atoms with van der Waals surface area (Å²) in [5, 5.41) is 10.4. The van der Waals surface area contributed by atoms with E-state index in [2.05, 4.69) is 30.7 Å². The molecule has 10 nitrogen and oxygen atoms in total. The molecule has 4 heterocycles. The van der Waals surface area contributed by atoms with Crippen molar-refractivity contribution in [3.63, 3.8) is 0 Å². The number of aryl methyl sites for hydroxylation is 1. The van der Waals surface area contributed by atoms with Crippen molar-refractivity contribution in [1.82, 2.24) is 34.4 Å². The molecule has 35 heavy (non-hydrogen) atoms. The third-order valence-electron chi connectivity index (χ3n) is 6.18. The van der Waals surface area contributed by atoms with Crippen LogP contribution in [0.4, 0.5) is 24.9 Å². The van der Waals surface area contributed by atoms with Gasteiger partial charge in [-0.2, -0.15) is 4.98 Å². The van der Waals surface area contributed by atoms with E-state index in [0.29, 0.717) is 24.2 Å². The average molecular weight is 487 g/mol. The van der Waals surface area contributed by atoms with E-state index in [1.807, 2.05) is 6.92 Å². The van der Waals surface area contributed by atoms with E-state index in [9.17, 15) is 13.6 Å². The first kappa shape index (κ1) is 22.9. The lowest BCUT2D eigenvalue weighted by molar-refractivity contribution is -0.121. The summed E-state index contributed by atoms with van der Waals surface area (Å²) in [6, 6.07) is 3.18. The summed E-state index contributed by atoms with van der Waals surface area (Å²) in [6.45, 7) is 4.47. The minimum absolute atomic E-state index is 0.0195.